The summed E-state index contributed by atoms with van der Waals surface area (Å²) in [5.41, 5.74) is 0. The minimum atomic E-state index is -0.979. The first-order valence-corrected chi connectivity index (χ1v) is 5.30. The summed E-state index contributed by atoms with van der Waals surface area (Å²) in [6.07, 6.45) is 3.52. The van der Waals surface area contributed by atoms with Gasteiger partial charge in [-0.15, -0.1) is 0 Å². The molecule has 0 aliphatic heterocycles. The highest BCUT2D eigenvalue weighted by atomic mass is 16.6. The molecule has 0 aromatic carbocycles. The monoisotopic (exact) mass is 188 g/mol. The van der Waals surface area contributed by atoms with Crippen LogP contribution in [-0.2, 0) is 4.74 Å². The Balaban J connectivity index is 3.82. The zero-order chi connectivity index (χ0) is 10.5. The van der Waals surface area contributed by atoms with Crippen molar-refractivity contribution in [1.29, 1.82) is 0 Å². The lowest BCUT2D eigenvalue weighted by Crippen LogP contribution is -2.37. The van der Waals surface area contributed by atoms with Gasteiger partial charge in [-0.25, -0.2) is 0 Å². The molecule has 2 nitrogen and oxygen atoms in total. The molecular formula is C11H24O2. The molecule has 0 rings (SSSR count). The summed E-state index contributed by atoms with van der Waals surface area (Å²) in [7, 11) is 0. The van der Waals surface area contributed by atoms with E-state index in [2.05, 4.69) is 6.92 Å². The molecule has 80 valence electrons. The van der Waals surface area contributed by atoms with E-state index in [4.69, 9.17) is 4.74 Å². The highest BCUT2D eigenvalue weighted by Gasteiger charge is 2.27. The Labute approximate surface area is 82.3 Å². The van der Waals surface area contributed by atoms with E-state index in [1.807, 2.05) is 20.8 Å². The number of rotatable bonds is 6. The Morgan fingerprint density at radius 1 is 1.31 bits per heavy atom. The van der Waals surface area contributed by atoms with E-state index in [1.165, 1.54) is 6.42 Å². The van der Waals surface area contributed by atoms with Crippen molar-refractivity contribution >= 4 is 0 Å². The molecule has 2 atom stereocenters. The topological polar surface area (TPSA) is 29.5 Å². The van der Waals surface area contributed by atoms with Crippen LogP contribution in [0.1, 0.15) is 53.9 Å². The summed E-state index contributed by atoms with van der Waals surface area (Å²) >= 11 is 0. The van der Waals surface area contributed by atoms with E-state index in [0.717, 1.165) is 12.8 Å². The van der Waals surface area contributed by atoms with E-state index < -0.39 is 5.79 Å². The second kappa shape index (κ2) is 5.61. The lowest BCUT2D eigenvalue weighted by Gasteiger charge is -2.31. The quantitative estimate of drug-likeness (QED) is 0.649. The molecule has 2 heteroatoms. The van der Waals surface area contributed by atoms with Gasteiger partial charge in [-0.1, -0.05) is 33.6 Å². The Morgan fingerprint density at radius 3 is 2.23 bits per heavy atom. The lowest BCUT2D eigenvalue weighted by atomic mass is 10.0. The van der Waals surface area contributed by atoms with Crippen LogP contribution in [0, 0.1) is 5.92 Å². The van der Waals surface area contributed by atoms with Crippen LogP contribution in [-0.4, -0.2) is 17.0 Å². The van der Waals surface area contributed by atoms with Crippen LogP contribution in [0.2, 0.25) is 0 Å². The average Bonchev–Trinajstić information content (AvgIpc) is 1.99. The molecule has 0 saturated carbocycles. The van der Waals surface area contributed by atoms with Crippen LogP contribution >= 0.6 is 0 Å². The smallest absolute Gasteiger partial charge is 0.165 e. The fraction of sp³-hybridized carbons (Fsp3) is 1.00. The molecule has 0 heterocycles. The molecule has 0 bridgehead atoms. The maximum Gasteiger partial charge on any atom is 0.165 e. The van der Waals surface area contributed by atoms with Crippen molar-refractivity contribution in [3.05, 3.63) is 0 Å². The fourth-order valence-corrected chi connectivity index (χ4v) is 1.09. The summed E-state index contributed by atoms with van der Waals surface area (Å²) < 4.78 is 5.56. The predicted molar refractivity (Wildman–Crippen MR) is 55.5 cm³/mol. The molecule has 0 aliphatic rings. The molecule has 0 aromatic heterocycles. The molecule has 0 fully saturated rings. The van der Waals surface area contributed by atoms with Crippen LogP contribution in [0.4, 0.5) is 0 Å². The largest absolute Gasteiger partial charge is 0.365 e. The molecule has 0 aliphatic carbocycles. The Morgan fingerprint density at radius 2 is 1.85 bits per heavy atom. The maximum atomic E-state index is 9.84. The zero-order valence-electron chi connectivity index (χ0n) is 9.63. The summed E-state index contributed by atoms with van der Waals surface area (Å²) in [6.45, 7) is 9.85. The molecule has 0 spiro atoms. The second-order valence-electron chi connectivity index (χ2n) is 4.28. The highest BCUT2D eigenvalue weighted by molar-refractivity contribution is 4.66. The van der Waals surface area contributed by atoms with Gasteiger partial charge in [0.05, 0.1) is 6.10 Å². The molecule has 0 saturated heterocycles. The van der Waals surface area contributed by atoms with Crippen LogP contribution in [0.25, 0.3) is 0 Å². The van der Waals surface area contributed by atoms with Gasteiger partial charge in [-0.05, 0) is 20.3 Å². The van der Waals surface area contributed by atoms with Gasteiger partial charge >= 0.3 is 0 Å². The molecule has 0 radical (unpaired) electrons. The molecule has 2 unspecified atom stereocenters. The van der Waals surface area contributed by atoms with Crippen molar-refractivity contribution in [2.24, 2.45) is 5.92 Å². The van der Waals surface area contributed by atoms with Crippen molar-refractivity contribution in [3.63, 3.8) is 0 Å². The summed E-state index contributed by atoms with van der Waals surface area (Å²) in [4.78, 5) is 0. The van der Waals surface area contributed by atoms with E-state index in [-0.39, 0.29) is 12.0 Å². The number of aliphatic hydroxyl groups is 1. The maximum absolute atomic E-state index is 9.84. The van der Waals surface area contributed by atoms with Crippen LogP contribution in [0.15, 0.2) is 0 Å². The van der Waals surface area contributed by atoms with Crippen molar-refractivity contribution in [2.75, 3.05) is 0 Å². The minimum absolute atomic E-state index is 0.136. The first-order chi connectivity index (χ1) is 5.90. The number of unbranched alkanes of at least 4 members (excludes halogenated alkanes) is 1. The van der Waals surface area contributed by atoms with E-state index in [1.54, 1.807) is 6.92 Å². The van der Waals surface area contributed by atoms with Gasteiger partial charge in [-0.3, -0.25) is 0 Å². The van der Waals surface area contributed by atoms with E-state index in [0.29, 0.717) is 0 Å². The second-order valence-corrected chi connectivity index (χ2v) is 4.28. The van der Waals surface area contributed by atoms with E-state index in [9.17, 15) is 5.11 Å². The fourth-order valence-electron chi connectivity index (χ4n) is 1.09. The molecular weight excluding hydrogens is 164 g/mol. The normalized spacial score (nSPS) is 18.7. The van der Waals surface area contributed by atoms with Crippen LogP contribution < -0.4 is 0 Å². The number of ether oxygens (including phenoxy) is 1. The molecule has 0 amide bonds. The first kappa shape index (κ1) is 12.9. The third-order valence-corrected chi connectivity index (χ3v) is 2.48. The summed E-state index contributed by atoms with van der Waals surface area (Å²) in [5, 5.41) is 9.84. The van der Waals surface area contributed by atoms with Crippen molar-refractivity contribution in [1.82, 2.24) is 0 Å². The molecule has 13 heavy (non-hydrogen) atoms. The van der Waals surface area contributed by atoms with Crippen molar-refractivity contribution in [3.8, 4) is 0 Å². The van der Waals surface area contributed by atoms with Crippen LogP contribution in [0.3, 0.4) is 0 Å². The summed E-state index contributed by atoms with van der Waals surface area (Å²) in [6, 6.07) is 0. The minimum Gasteiger partial charge on any atom is -0.365 e. The zero-order valence-corrected chi connectivity index (χ0v) is 9.63. The lowest BCUT2D eigenvalue weighted by molar-refractivity contribution is -0.240. The van der Waals surface area contributed by atoms with Crippen molar-refractivity contribution in [2.45, 2.75) is 65.8 Å². The number of hydrogen-bond acceptors (Lipinski definition) is 2. The van der Waals surface area contributed by atoms with Gasteiger partial charge in [0.15, 0.2) is 5.79 Å². The van der Waals surface area contributed by atoms with Gasteiger partial charge in [0.25, 0.3) is 0 Å². The van der Waals surface area contributed by atoms with Gasteiger partial charge in [-0.2, -0.15) is 0 Å². The molecule has 1 N–H and O–H groups in total. The van der Waals surface area contributed by atoms with Crippen molar-refractivity contribution < 1.29 is 9.84 Å². The highest BCUT2D eigenvalue weighted by Crippen LogP contribution is 2.21. The third-order valence-electron chi connectivity index (χ3n) is 2.48. The third kappa shape index (κ3) is 5.27. The first-order valence-electron chi connectivity index (χ1n) is 5.30. The predicted octanol–water partition coefficient (Wildman–Crippen LogP) is 2.95. The molecule has 0 aromatic rings. The van der Waals surface area contributed by atoms with Gasteiger partial charge in [0, 0.05) is 5.92 Å². The van der Waals surface area contributed by atoms with Gasteiger partial charge < -0.3 is 9.84 Å². The van der Waals surface area contributed by atoms with Gasteiger partial charge in [0.1, 0.15) is 0 Å². The standard InChI is InChI=1S/C11H24O2/c1-6-7-8-10(4)13-11(5,12)9(2)3/h9-10,12H,6-8H2,1-5H3. The Hall–Kier alpha value is -0.0800. The van der Waals surface area contributed by atoms with Crippen LogP contribution in [0.5, 0.6) is 0 Å². The Bertz CT molecular complexity index is 130. The van der Waals surface area contributed by atoms with Gasteiger partial charge in [0.2, 0.25) is 0 Å². The average molecular weight is 188 g/mol. The van der Waals surface area contributed by atoms with E-state index >= 15 is 0 Å². The number of hydrogen-bond donors (Lipinski definition) is 1. The Kier molecular flexibility index (Phi) is 5.57. The summed E-state index contributed by atoms with van der Waals surface area (Å²) in [5.74, 6) is -0.843. The SMILES string of the molecule is CCCCC(C)OC(C)(O)C(C)C.